The molecule has 2 aromatic rings. The van der Waals surface area contributed by atoms with E-state index in [1.807, 2.05) is 30.0 Å². The highest BCUT2D eigenvalue weighted by Crippen LogP contribution is 2.42. The van der Waals surface area contributed by atoms with Crippen molar-refractivity contribution >= 4 is 29.3 Å². The highest BCUT2D eigenvalue weighted by molar-refractivity contribution is 8.01. The van der Waals surface area contributed by atoms with Crippen molar-refractivity contribution in [2.45, 2.75) is 76.1 Å². The van der Waals surface area contributed by atoms with Crippen molar-refractivity contribution in [1.29, 1.82) is 0 Å². The van der Waals surface area contributed by atoms with Crippen LogP contribution < -0.4 is 10.2 Å². The summed E-state index contributed by atoms with van der Waals surface area (Å²) in [4.78, 5) is 29.8. The van der Waals surface area contributed by atoms with Crippen molar-refractivity contribution in [3.63, 3.8) is 0 Å². The van der Waals surface area contributed by atoms with Gasteiger partial charge in [0, 0.05) is 10.9 Å². The molecule has 0 radical (unpaired) electrons. The summed E-state index contributed by atoms with van der Waals surface area (Å²) >= 11 is 1.53. The maximum Gasteiger partial charge on any atom is 0.241 e. The van der Waals surface area contributed by atoms with Crippen molar-refractivity contribution in [2.24, 2.45) is 11.8 Å². The molecule has 1 N–H and O–H groups in total. The average Bonchev–Trinajstić information content (AvgIpc) is 2.78. The van der Waals surface area contributed by atoms with Crippen LogP contribution in [0.3, 0.4) is 0 Å². The fraction of sp³-hybridized carbons (Fsp3) is 0.481. The summed E-state index contributed by atoms with van der Waals surface area (Å²) in [7, 11) is 0. The number of anilines is 1. The molecule has 1 fully saturated rings. The number of thioether (sulfide) groups is 1. The topological polar surface area (TPSA) is 49.4 Å². The molecule has 2 aliphatic rings. The molecule has 0 unspecified atom stereocenters. The first kappa shape index (κ1) is 22.9. The Balaban J connectivity index is 1.55. The lowest BCUT2D eigenvalue weighted by Crippen LogP contribution is -2.49. The summed E-state index contributed by atoms with van der Waals surface area (Å²) in [6, 6.07) is 14.6. The number of nitrogens with one attached hydrogen (secondary N) is 1. The minimum Gasteiger partial charge on any atom is -0.353 e. The second-order valence-electron chi connectivity index (χ2n) is 9.61. The van der Waals surface area contributed by atoms with Gasteiger partial charge >= 0.3 is 0 Å². The number of hydrogen-bond acceptors (Lipinski definition) is 3. The zero-order chi connectivity index (χ0) is 22.8. The lowest BCUT2D eigenvalue weighted by Gasteiger charge is -2.36. The van der Waals surface area contributed by atoms with E-state index >= 15 is 0 Å². The van der Waals surface area contributed by atoms with E-state index in [0.717, 1.165) is 47.7 Å². The summed E-state index contributed by atoms with van der Waals surface area (Å²) in [5, 5.41) is 2.82. The third-order valence-corrected chi connectivity index (χ3v) is 8.45. The van der Waals surface area contributed by atoms with Crippen molar-refractivity contribution in [3.05, 3.63) is 59.2 Å². The molecule has 4 rings (SSSR count). The molecular formula is C27H34N2O2S. The number of rotatable bonds is 5. The number of amides is 2. The smallest absolute Gasteiger partial charge is 0.241 e. The van der Waals surface area contributed by atoms with Crippen LogP contribution in [-0.2, 0) is 16.1 Å². The minimum atomic E-state index is -0.419. The van der Waals surface area contributed by atoms with E-state index in [1.54, 1.807) is 0 Å². The molecule has 1 saturated carbocycles. The van der Waals surface area contributed by atoms with Gasteiger partial charge in [-0.15, -0.1) is 11.8 Å². The lowest BCUT2D eigenvalue weighted by atomic mass is 9.87. The molecule has 32 heavy (non-hydrogen) atoms. The van der Waals surface area contributed by atoms with Crippen LogP contribution in [-0.4, -0.2) is 23.1 Å². The number of carbonyl (C=O) groups is 2. The minimum absolute atomic E-state index is 0.00136. The van der Waals surface area contributed by atoms with Gasteiger partial charge in [0.2, 0.25) is 11.8 Å². The van der Waals surface area contributed by atoms with Crippen LogP contribution in [0.2, 0.25) is 0 Å². The maximum atomic E-state index is 13.7. The standard InChI is InChI=1S/C27H34N2O2S/c1-17-10-13-22(14-11-17)28-26(30)20(4)25-27(31)29(23-7-5-6-8-24(23)32-25)16-21-15-18(2)9-12-19(21)3/h5-9,12,15,17,20,22,25H,10-11,13-14,16H2,1-4H3,(H,28,30)/t17?,20-,22?,25-/m1/s1. The Kier molecular flexibility index (Phi) is 6.94. The second kappa shape index (κ2) is 9.70. The Bertz CT molecular complexity index is 997. The molecule has 0 saturated heterocycles. The summed E-state index contributed by atoms with van der Waals surface area (Å²) in [5.74, 6) is 0.378. The zero-order valence-electron chi connectivity index (χ0n) is 19.6. The molecule has 5 heteroatoms. The van der Waals surface area contributed by atoms with Gasteiger partial charge in [0.15, 0.2) is 0 Å². The quantitative estimate of drug-likeness (QED) is 0.641. The normalized spacial score (nSPS) is 24.1. The molecule has 1 aliphatic heterocycles. The third-order valence-electron chi connectivity index (χ3n) is 6.98. The van der Waals surface area contributed by atoms with Gasteiger partial charge in [-0.25, -0.2) is 0 Å². The maximum absolute atomic E-state index is 13.7. The van der Waals surface area contributed by atoms with Gasteiger partial charge in [0.25, 0.3) is 0 Å². The van der Waals surface area contributed by atoms with Crippen LogP contribution in [0, 0.1) is 25.7 Å². The van der Waals surface area contributed by atoms with Crippen LogP contribution in [0.1, 0.15) is 56.2 Å². The monoisotopic (exact) mass is 450 g/mol. The number of aryl methyl sites for hydroxylation is 2. The first-order valence-corrected chi connectivity index (χ1v) is 12.6. The Labute approximate surface area is 196 Å². The largest absolute Gasteiger partial charge is 0.353 e. The van der Waals surface area contributed by atoms with Crippen LogP contribution in [0.4, 0.5) is 5.69 Å². The third kappa shape index (κ3) is 4.88. The predicted molar refractivity (Wildman–Crippen MR) is 132 cm³/mol. The Hall–Kier alpha value is -2.27. The van der Waals surface area contributed by atoms with Gasteiger partial charge in [-0.2, -0.15) is 0 Å². The molecule has 2 amide bonds. The van der Waals surface area contributed by atoms with Crippen molar-refractivity contribution in [3.8, 4) is 0 Å². The van der Waals surface area contributed by atoms with Gasteiger partial charge in [-0.1, -0.05) is 49.7 Å². The van der Waals surface area contributed by atoms with Gasteiger partial charge in [0.05, 0.1) is 18.2 Å². The fourth-order valence-electron chi connectivity index (χ4n) is 4.73. The van der Waals surface area contributed by atoms with E-state index in [1.165, 1.54) is 22.9 Å². The number of benzene rings is 2. The molecule has 170 valence electrons. The number of carbonyl (C=O) groups excluding carboxylic acids is 2. The summed E-state index contributed by atoms with van der Waals surface area (Å²) in [6.45, 7) is 8.87. The summed E-state index contributed by atoms with van der Waals surface area (Å²) < 4.78 is 0. The first-order valence-electron chi connectivity index (χ1n) is 11.8. The van der Waals surface area contributed by atoms with E-state index < -0.39 is 5.25 Å². The molecule has 1 aliphatic carbocycles. The van der Waals surface area contributed by atoms with Gasteiger partial charge in [-0.05, 0) is 68.7 Å². The van der Waals surface area contributed by atoms with E-state index in [9.17, 15) is 9.59 Å². The molecule has 0 spiro atoms. The second-order valence-corrected chi connectivity index (χ2v) is 10.8. The lowest BCUT2D eigenvalue weighted by molar-refractivity contribution is -0.129. The number of hydrogen-bond donors (Lipinski definition) is 1. The predicted octanol–water partition coefficient (Wildman–Crippen LogP) is 5.64. The van der Waals surface area contributed by atoms with E-state index in [4.69, 9.17) is 0 Å². The fourth-order valence-corrected chi connectivity index (χ4v) is 6.02. The molecule has 4 nitrogen and oxygen atoms in total. The van der Waals surface area contributed by atoms with Crippen molar-refractivity contribution in [1.82, 2.24) is 5.32 Å². The molecule has 1 heterocycles. The average molecular weight is 451 g/mol. The summed E-state index contributed by atoms with van der Waals surface area (Å²) in [5.41, 5.74) is 4.44. The van der Waals surface area contributed by atoms with Crippen LogP contribution >= 0.6 is 11.8 Å². The molecule has 2 aromatic carbocycles. The van der Waals surface area contributed by atoms with Crippen molar-refractivity contribution < 1.29 is 9.59 Å². The van der Waals surface area contributed by atoms with Crippen LogP contribution in [0.15, 0.2) is 47.4 Å². The highest BCUT2D eigenvalue weighted by Gasteiger charge is 2.40. The Morgan fingerprint density at radius 2 is 1.84 bits per heavy atom. The summed E-state index contributed by atoms with van der Waals surface area (Å²) in [6.07, 6.45) is 4.39. The zero-order valence-corrected chi connectivity index (χ0v) is 20.4. The van der Waals surface area contributed by atoms with Crippen LogP contribution in [0.25, 0.3) is 0 Å². The van der Waals surface area contributed by atoms with Gasteiger partial charge < -0.3 is 10.2 Å². The van der Waals surface area contributed by atoms with E-state index in [2.05, 4.69) is 50.4 Å². The SMILES string of the molecule is Cc1ccc(C)c(CN2C(=O)[C@@H]([C@@H](C)C(=O)NC3CCC(C)CC3)Sc3ccccc32)c1. The number of nitrogens with zero attached hydrogens (tertiary/aromatic N) is 1. The van der Waals surface area contributed by atoms with Crippen LogP contribution in [0.5, 0.6) is 0 Å². The van der Waals surface area contributed by atoms with Crippen molar-refractivity contribution in [2.75, 3.05) is 4.90 Å². The highest BCUT2D eigenvalue weighted by atomic mass is 32.2. The molecule has 0 aromatic heterocycles. The number of fused-ring (bicyclic) bond motifs is 1. The Morgan fingerprint density at radius 1 is 1.12 bits per heavy atom. The Morgan fingerprint density at radius 3 is 2.59 bits per heavy atom. The van der Waals surface area contributed by atoms with Gasteiger partial charge in [-0.3, -0.25) is 9.59 Å². The van der Waals surface area contributed by atoms with E-state index in [-0.39, 0.29) is 23.8 Å². The number of para-hydroxylation sites is 1. The molecular weight excluding hydrogens is 416 g/mol. The van der Waals surface area contributed by atoms with E-state index in [0.29, 0.717) is 6.54 Å². The first-order chi connectivity index (χ1) is 15.3. The molecule has 2 atom stereocenters. The van der Waals surface area contributed by atoms with Gasteiger partial charge in [0.1, 0.15) is 5.25 Å². The molecule has 0 bridgehead atoms.